The van der Waals surface area contributed by atoms with E-state index in [0.717, 1.165) is 35.5 Å². The van der Waals surface area contributed by atoms with Crippen LogP contribution in [-0.4, -0.2) is 26.3 Å². The minimum Gasteiger partial charge on any atom is -0.354 e. The number of nitrogens with zero attached hydrogens (tertiary/aromatic N) is 4. The standard InChI is InChI=1S/C13H19N5/c1-5-6-14-13-15-7-9(2)11(17-13)12-10(3)8-16-18(12)4/h7-8H,5-6H2,1-4H3,(H,14,15,17). The molecule has 0 amide bonds. The minimum atomic E-state index is 0.679. The van der Waals surface area contributed by atoms with Crippen LogP contribution in [0, 0.1) is 13.8 Å². The summed E-state index contributed by atoms with van der Waals surface area (Å²) < 4.78 is 1.86. The van der Waals surface area contributed by atoms with E-state index >= 15 is 0 Å². The molecule has 0 aliphatic carbocycles. The van der Waals surface area contributed by atoms with Crippen LogP contribution in [0.25, 0.3) is 11.4 Å². The van der Waals surface area contributed by atoms with Crippen molar-refractivity contribution in [3.63, 3.8) is 0 Å². The normalized spacial score (nSPS) is 10.7. The molecule has 5 heteroatoms. The Kier molecular flexibility index (Phi) is 3.60. The zero-order valence-electron chi connectivity index (χ0n) is 11.4. The van der Waals surface area contributed by atoms with Crippen LogP contribution >= 0.6 is 0 Å². The zero-order chi connectivity index (χ0) is 13.1. The van der Waals surface area contributed by atoms with Gasteiger partial charge in [0.2, 0.25) is 5.95 Å². The highest BCUT2D eigenvalue weighted by Gasteiger charge is 2.13. The molecule has 0 aliphatic heterocycles. The summed E-state index contributed by atoms with van der Waals surface area (Å²) in [6.45, 7) is 7.06. The highest BCUT2D eigenvalue weighted by atomic mass is 15.3. The largest absolute Gasteiger partial charge is 0.354 e. The maximum atomic E-state index is 4.59. The van der Waals surface area contributed by atoms with Gasteiger partial charge in [-0.15, -0.1) is 0 Å². The van der Waals surface area contributed by atoms with Crippen LogP contribution in [0.4, 0.5) is 5.95 Å². The molecular weight excluding hydrogens is 226 g/mol. The Morgan fingerprint density at radius 2 is 2.00 bits per heavy atom. The Morgan fingerprint density at radius 1 is 1.22 bits per heavy atom. The molecule has 2 rings (SSSR count). The number of aromatic nitrogens is 4. The molecule has 5 nitrogen and oxygen atoms in total. The summed E-state index contributed by atoms with van der Waals surface area (Å²) in [5.41, 5.74) is 4.18. The molecule has 0 fully saturated rings. The third-order valence-electron chi connectivity index (χ3n) is 2.85. The Morgan fingerprint density at radius 3 is 2.61 bits per heavy atom. The molecule has 0 spiro atoms. The summed E-state index contributed by atoms with van der Waals surface area (Å²) in [7, 11) is 1.93. The molecule has 2 aromatic heterocycles. The monoisotopic (exact) mass is 245 g/mol. The average Bonchev–Trinajstić information content (AvgIpc) is 2.68. The number of nitrogens with one attached hydrogen (secondary N) is 1. The minimum absolute atomic E-state index is 0.679. The van der Waals surface area contributed by atoms with E-state index in [2.05, 4.69) is 27.3 Å². The van der Waals surface area contributed by atoms with Gasteiger partial charge in [-0.2, -0.15) is 5.10 Å². The molecule has 18 heavy (non-hydrogen) atoms. The fourth-order valence-electron chi connectivity index (χ4n) is 1.89. The van der Waals surface area contributed by atoms with Crippen LogP contribution in [0.5, 0.6) is 0 Å². The van der Waals surface area contributed by atoms with Gasteiger partial charge in [-0.05, 0) is 31.4 Å². The van der Waals surface area contributed by atoms with E-state index in [1.165, 1.54) is 0 Å². The lowest BCUT2D eigenvalue weighted by molar-refractivity contribution is 0.771. The van der Waals surface area contributed by atoms with Crippen molar-refractivity contribution in [3.05, 3.63) is 23.5 Å². The van der Waals surface area contributed by atoms with Gasteiger partial charge in [-0.1, -0.05) is 6.92 Å². The predicted molar refractivity (Wildman–Crippen MR) is 72.5 cm³/mol. The lowest BCUT2D eigenvalue weighted by atomic mass is 10.1. The van der Waals surface area contributed by atoms with Crippen molar-refractivity contribution in [2.75, 3.05) is 11.9 Å². The summed E-state index contributed by atoms with van der Waals surface area (Å²) in [4.78, 5) is 8.88. The third kappa shape index (κ3) is 2.34. The molecule has 2 aromatic rings. The van der Waals surface area contributed by atoms with Crippen molar-refractivity contribution < 1.29 is 0 Å². The number of hydrogen-bond acceptors (Lipinski definition) is 4. The van der Waals surface area contributed by atoms with Gasteiger partial charge in [0.1, 0.15) is 0 Å². The SMILES string of the molecule is CCCNc1ncc(C)c(-c2c(C)cnn2C)n1. The van der Waals surface area contributed by atoms with Crippen LogP contribution in [0.1, 0.15) is 24.5 Å². The Hall–Kier alpha value is -1.91. The first kappa shape index (κ1) is 12.5. The van der Waals surface area contributed by atoms with Gasteiger partial charge >= 0.3 is 0 Å². The van der Waals surface area contributed by atoms with Crippen molar-refractivity contribution >= 4 is 5.95 Å². The second-order valence-electron chi connectivity index (χ2n) is 4.45. The van der Waals surface area contributed by atoms with Gasteiger partial charge < -0.3 is 5.32 Å². The van der Waals surface area contributed by atoms with Crippen LogP contribution in [0.15, 0.2) is 12.4 Å². The van der Waals surface area contributed by atoms with E-state index in [4.69, 9.17) is 0 Å². The van der Waals surface area contributed by atoms with E-state index in [0.29, 0.717) is 5.95 Å². The quantitative estimate of drug-likeness (QED) is 0.898. The van der Waals surface area contributed by atoms with Crippen molar-refractivity contribution in [2.45, 2.75) is 27.2 Å². The van der Waals surface area contributed by atoms with Crippen molar-refractivity contribution in [1.29, 1.82) is 0 Å². The second-order valence-corrected chi connectivity index (χ2v) is 4.45. The summed E-state index contributed by atoms with van der Waals surface area (Å²) in [6.07, 6.45) is 4.76. The van der Waals surface area contributed by atoms with E-state index in [1.807, 2.05) is 38.0 Å². The van der Waals surface area contributed by atoms with E-state index in [9.17, 15) is 0 Å². The molecule has 0 aliphatic rings. The highest BCUT2D eigenvalue weighted by Crippen LogP contribution is 2.24. The molecule has 0 aromatic carbocycles. The Balaban J connectivity index is 2.43. The first-order chi connectivity index (χ1) is 8.63. The van der Waals surface area contributed by atoms with Gasteiger partial charge in [0, 0.05) is 19.8 Å². The third-order valence-corrected chi connectivity index (χ3v) is 2.85. The fraction of sp³-hybridized carbons (Fsp3) is 0.462. The first-order valence-corrected chi connectivity index (χ1v) is 6.20. The number of anilines is 1. The molecule has 2 heterocycles. The number of hydrogen-bond donors (Lipinski definition) is 1. The predicted octanol–water partition coefficient (Wildman–Crippen LogP) is 2.32. The van der Waals surface area contributed by atoms with Crippen molar-refractivity contribution in [2.24, 2.45) is 7.05 Å². The van der Waals surface area contributed by atoms with Crippen LogP contribution in [-0.2, 0) is 7.05 Å². The molecule has 0 atom stereocenters. The molecule has 0 saturated heterocycles. The van der Waals surface area contributed by atoms with Crippen LogP contribution in [0.2, 0.25) is 0 Å². The summed E-state index contributed by atoms with van der Waals surface area (Å²) >= 11 is 0. The molecule has 0 radical (unpaired) electrons. The topological polar surface area (TPSA) is 55.6 Å². The molecule has 0 bridgehead atoms. The van der Waals surface area contributed by atoms with Crippen LogP contribution in [0.3, 0.4) is 0 Å². The fourth-order valence-corrected chi connectivity index (χ4v) is 1.89. The molecular formula is C13H19N5. The molecule has 1 N–H and O–H groups in total. The first-order valence-electron chi connectivity index (χ1n) is 6.20. The van der Waals surface area contributed by atoms with Gasteiger partial charge in [0.05, 0.1) is 17.6 Å². The maximum Gasteiger partial charge on any atom is 0.223 e. The van der Waals surface area contributed by atoms with E-state index < -0.39 is 0 Å². The summed E-state index contributed by atoms with van der Waals surface area (Å²) in [5.74, 6) is 0.679. The average molecular weight is 245 g/mol. The summed E-state index contributed by atoms with van der Waals surface area (Å²) in [5, 5.41) is 7.47. The number of rotatable bonds is 4. The summed E-state index contributed by atoms with van der Waals surface area (Å²) in [6, 6.07) is 0. The van der Waals surface area contributed by atoms with E-state index in [1.54, 1.807) is 0 Å². The zero-order valence-corrected chi connectivity index (χ0v) is 11.4. The lowest BCUT2D eigenvalue weighted by Gasteiger charge is -2.09. The second kappa shape index (κ2) is 5.16. The Labute approximate surface area is 107 Å². The lowest BCUT2D eigenvalue weighted by Crippen LogP contribution is -2.07. The van der Waals surface area contributed by atoms with Gasteiger partial charge in [0.25, 0.3) is 0 Å². The number of aryl methyl sites for hydroxylation is 3. The smallest absolute Gasteiger partial charge is 0.223 e. The van der Waals surface area contributed by atoms with Gasteiger partial charge in [-0.25, -0.2) is 9.97 Å². The van der Waals surface area contributed by atoms with Crippen molar-refractivity contribution in [1.82, 2.24) is 19.7 Å². The highest BCUT2D eigenvalue weighted by molar-refractivity contribution is 5.63. The van der Waals surface area contributed by atoms with Gasteiger partial charge in [-0.3, -0.25) is 4.68 Å². The van der Waals surface area contributed by atoms with Crippen molar-refractivity contribution in [3.8, 4) is 11.4 Å². The van der Waals surface area contributed by atoms with E-state index in [-0.39, 0.29) is 0 Å². The maximum absolute atomic E-state index is 4.59. The molecule has 0 saturated carbocycles. The molecule has 0 unspecified atom stereocenters. The Bertz CT molecular complexity index is 525. The molecule has 96 valence electrons. The van der Waals surface area contributed by atoms with Gasteiger partial charge in [0.15, 0.2) is 0 Å². The van der Waals surface area contributed by atoms with Crippen LogP contribution < -0.4 is 5.32 Å².